The molecule has 0 unspecified atom stereocenters. The highest BCUT2D eigenvalue weighted by Crippen LogP contribution is 2.65. The van der Waals surface area contributed by atoms with Crippen LogP contribution in [0.4, 0.5) is 0 Å². The molecule has 0 spiro atoms. The second-order valence-electron chi connectivity index (χ2n) is 9.91. The van der Waals surface area contributed by atoms with Gasteiger partial charge in [-0.1, -0.05) is 25.5 Å². The topological polar surface area (TPSA) is 97.7 Å². The normalized spacial score (nSPS) is 45.6. The lowest BCUT2D eigenvalue weighted by atomic mass is 9.47. The Bertz CT molecular complexity index is 845. The maximum absolute atomic E-state index is 13.4. The van der Waals surface area contributed by atoms with E-state index < -0.39 is 16.5 Å². The van der Waals surface area contributed by atoms with Crippen LogP contribution in [-0.4, -0.2) is 30.6 Å². The van der Waals surface area contributed by atoms with Crippen molar-refractivity contribution >= 4 is 22.0 Å². The average molecular weight is 411 g/mol. The Morgan fingerprint density at radius 1 is 1.25 bits per heavy atom. The Balaban J connectivity index is 1.64. The molecule has 0 aromatic heterocycles. The molecule has 3 saturated carbocycles. The number of Topliss-reactive ketones (excluding diaryl/α,β-unsaturated/α-hetero) is 2. The van der Waals surface area contributed by atoms with Crippen LogP contribution in [0.2, 0.25) is 0 Å². The zero-order valence-corrected chi connectivity index (χ0v) is 17.6. The van der Waals surface area contributed by atoms with Gasteiger partial charge < -0.3 is 0 Å². The van der Waals surface area contributed by atoms with Crippen LogP contribution in [0.5, 0.6) is 0 Å². The van der Waals surface area contributed by atoms with Gasteiger partial charge in [-0.25, -0.2) is 4.18 Å². The smallest absolute Gasteiger partial charge is 0.300 e. The van der Waals surface area contributed by atoms with E-state index in [1.165, 1.54) is 0 Å². The number of rotatable bonds is 3. The van der Waals surface area contributed by atoms with Gasteiger partial charge in [-0.15, -0.1) is 0 Å². The van der Waals surface area contributed by atoms with Gasteiger partial charge in [0.1, 0.15) is 11.6 Å². The lowest BCUT2D eigenvalue weighted by Crippen LogP contribution is -2.55. The predicted molar refractivity (Wildman–Crippen MR) is 103 cm³/mol. The number of hydrogen-bond donors (Lipinski definition) is 1. The molecule has 156 valence electrons. The van der Waals surface area contributed by atoms with E-state index in [4.69, 9.17) is 8.74 Å². The van der Waals surface area contributed by atoms with E-state index in [0.29, 0.717) is 31.6 Å². The van der Waals surface area contributed by atoms with Crippen molar-refractivity contribution in [1.29, 1.82) is 0 Å². The van der Waals surface area contributed by atoms with Crippen LogP contribution in [0.15, 0.2) is 11.6 Å². The third-order valence-corrected chi connectivity index (χ3v) is 9.01. The molecule has 0 heterocycles. The molecule has 0 aliphatic heterocycles. The SMILES string of the molecule is CC(=O)[C@H]1CC[C@H]2[C@@H]3CC=C4C[C@@H](OS(=O)(=O)O)CC[C@]4(C)[C@H]3C(=O)C[C@]12C. The quantitative estimate of drug-likeness (QED) is 0.565. The van der Waals surface area contributed by atoms with Gasteiger partial charge in [0.2, 0.25) is 0 Å². The van der Waals surface area contributed by atoms with Crippen molar-refractivity contribution in [1.82, 2.24) is 0 Å². The molecule has 0 bridgehead atoms. The summed E-state index contributed by atoms with van der Waals surface area (Å²) in [5.74, 6) is 1.02. The van der Waals surface area contributed by atoms with E-state index in [9.17, 15) is 18.0 Å². The van der Waals surface area contributed by atoms with Crippen LogP contribution in [0.1, 0.15) is 65.7 Å². The predicted octanol–water partition coefficient (Wildman–Crippen LogP) is 3.52. The van der Waals surface area contributed by atoms with Crippen LogP contribution in [-0.2, 0) is 24.2 Å². The summed E-state index contributed by atoms with van der Waals surface area (Å²) in [5.41, 5.74) is 0.581. The molecule has 1 N–H and O–H groups in total. The average Bonchev–Trinajstić information content (AvgIpc) is 2.90. The third-order valence-electron chi connectivity index (χ3n) is 8.49. The zero-order chi connectivity index (χ0) is 20.5. The Labute approximate surface area is 167 Å². The molecule has 28 heavy (non-hydrogen) atoms. The van der Waals surface area contributed by atoms with Crippen molar-refractivity contribution in [3.05, 3.63) is 11.6 Å². The van der Waals surface area contributed by atoms with Crippen LogP contribution < -0.4 is 0 Å². The Kier molecular flexibility index (Phi) is 4.68. The maximum Gasteiger partial charge on any atom is 0.397 e. The van der Waals surface area contributed by atoms with Crippen LogP contribution in [0.25, 0.3) is 0 Å². The first-order valence-electron chi connectivity index (χ1n) is 10.3. The first-order valence-corrected chi connectivity index (χ1v) is 11.7. The fraction of sp³-hybridized carbons (Fsp3) is 0.810. The molecule has 7 atom stereocenters. The first kappa shape index (κ1) is 20.2. The van der Waals surface area contributed by atoms with Gasteiger partial charge in [-0.05, 0) is 68.1 Å². The molecule has 0 aromatic rings. The summed E-state index contributed by atoms with van der Waals surface area (Å²) >= 11 is 0. The summed E-state index contributed by atoms with van der Waals surface area (Å²) < 4.78 is 36.0. The minimum absolute atomic E-state index is 0.0144. The second kappa shape index (κ2) is 6.47. The maximum atomic E-state index is 13.4. The van der Waals surface area contributed by atoms with Crippen LogP contribution in [0, 0.1) is 34.5 Å². The Morgan fingerprint density at radius 2 is 1.96 bits per heavy atom. The van der Waals surface area contributed by atoms with Crippen molar-refractivity contribution in [3.63, 3.8) is 0 Å². The fourth-order valence-corrected chi connectivity index (χ4v) is 7.89. The van der Waals surface area contributed by atoms with Gasteiger partial charge in [0.05, 0.1) is 6.10 Å². The number of hydrogen-bond acceptors (Lipinski definition) is 5. The second-order valence-corrected chi connectivity index (χ2v) is 11.0. The molecule has 7 heteroatoms. The molecule has 0 aromatic carbocycles. The van der Waals surface area contributed by atoms with Crippen molar-refractivity contribution in [2.75, 3.05) is 0 Å². The number of fused-ring (bicyclic) bond motifs is 5. The van der Waals surface area contributed by atoms with E-state index >= 15 is 0 Å². The zero-order valence-electron chi connectivity index (χ0n) is 16.8. The number of ketones is 2. The molecule has 0 saturated heterocycles. The highest BCUT2D eigenvalue weighted by atomic mass is 32.3. The first-order chi connectivity index (χ1) is 13.0. The highest BCUT2D eigenvalue weighted by Gasteiger charge is 2.62. The van der Waals surface area contributed by atoms with E-state index in [1.54, 1.807) is 6.92 Å². The molecule has 4 aliphatic carbocycles. The largest absolute Gasteiger partial charge is 0.397 e. The number of carbonyl (C=O) groups excluding carboxylic acids is 2. The third kappa shape index (κ3) is 3.01. The standard InChI is InChI=1S/C21H30O6S/c1-12(22)16-6-7-17-15-5-4-13-10-14(27-28(24,25)26)8-9-20(13,2)19(15)18(23)11-21(16,17)3/h4,14-17,19H,5-11H2,1-3H3,(H,24,25,26)/t14-,15-,16+,17-,19+,20-,21+/m0/s1. The summed E-state index contributed by atoms with van der Waals surface area (Å²) in [5, 5.41) is 0. The van der Waals surface area contributed by atoms with Gasteiger partial charge in [0, 0.05) is 18.3 Å². The van der Waals surface area contributed by atoms with Gasteiger partial charge >= 0.3 is 10.4 Å². The Hall–Kier alpha value is -1.05. The van der Waals surface area contributed by atoms with E-state index in [2.05, 4.69) is 19.9 Å². The molecule has 4 rings (SSSR count). The molecule has 0 radical (unpaired) electrons. The summed E-state index contributed by atoms with van der Waals surface area (Å²) in [7, 11) is -4.48. The molecule has 0 amide bonds. The summed E-state index contributed by atoms with van der Waals surface area (Å²) in [6.45, 7) is 5.94. The van der Waals surface area contributed by atoms with Crippen molar-refractivity contribution in [2.24, 2.45) is 34.5 Å². The summed E-state index contributed by atoms with van der Waals surface area (Å²) in [6, 6.07) is 0. The molecular formula is C21H30O6S. The van der Waals surface area contributed by atoms with Gasteiger partial charge in [-0.2, -0.15) is 8.42 Å². The molecule has 3 fully saturated rings. The number of carbonyl (C=O) groups is 2. The lowest BCUT2D eigenvalue weighted by molar-refractivity contribution is -0.146. The van der Waals surface area contributed by atoms with E-state index in [1.807, 2.05) is 0 Å². The number of allylic oxidation sites excluding steroid dienone is 1. The van der Waals surface area contributed by atoms with Gasteiger partial charge in [-0.3, -0.25) is 14.1 Å². The molecule has 6 nitrogen and oxygen atoms in total. The lowest BCUT2D eigenvalue weighted by Gasteiger charge is -2.56. The van der Waals surface area contributed by atoms with Gasteiger partial charge in [0.15, 0.2) is 0 Å². The van der Waals surface area contributed by atoms with E-state index in [-0.39, 0.29) is 40.2 Å². The highest BCUT2D eigenvalue weighted by molar-refractivity contribution is 7.80. The summed E-state index contributed by atoms with van der Waals surface area (Å²) in [4.78, 5) is 25.6. The van der Waals surface area contributed by atoms with Crippen LogP contribution >= 0.6 is 0 Å². The Morgan fingerprint density at radius 3 is 2.61 bits per heavy atom. The van der Waals surface area contributed by atoms with Crippen molar-refractivity contribution in [2.45, 2.75) is 71.8 Å². The van der Waals surface area contributed by atoms with Crippen LogP contribution in [0.3, 0.4) is 0 Å². The van der Waals surface area contributed by atoms with Crippen molar-refractivity contribution < 1.29 is 26.7 Å². The minimum Gasteiger partial charge on any atom is -0.300 e. The summed E-state index contributed by atoms with van der Waals surface area (Å²) in [6.07, 6.45) is 6.37. The van der Waals surface area contributed by atoms with E-state index in [0.717, 1.165) is 24.8 Å². The minimum atomic E-state index is -4.48. The molecular weight excluding hydrogens is 380 g/mol. The van der Waals surface area contributed by atoms with Crippen molar-refractivity contribution in [3.8, 4) is 0 Å². The fourth-order valence-electron chi connectivity index (χ4n) is 7.38. The van der Waals surface area contributed by atoms with Gasteiger partial charge in [0.25, 0.3) is 0 Å². The molecule has 4 aliphatic rings. The monoisotopic (exact) mass is 410 g/mol.